The van der Waals surface area contributed by atoms with E-state index < -0.39 is 0 Å². The monoisotopic (exact) mass is 271 g/mol. The SMILES string of the molecule is Cc1cc(C)cc(NC(N)=NCCCn2cccn2)c1. The summed E-state index contributed by atoms with van der Waals surface area (Å²) < 4.78 is 1.89. The molecule has 0 aliphatic rings. The number of nitrogens with one attached hydrogen (secondary N) is 1. The van der Waals surface area contributed by atoms with Gasteiger partial charge >= 0.3 is 0 Å². The van der Waals surface area contributed by atoms with E-state index in [1.54, 1.807) is 6.20 Å². The van der Waals surface area contributed by atoms with E-state index in [-0.39, 0.29) is 0 Å². The van der Waals surface area contributed by atoms with E-state index in [0.717, 1.165) is 18.7 Å². The van der Waals surface area contributed by atoms with Crippen LogP contribution in [0, 0.1) is 13.8 Å². The molecule has 3 N–H and O–H groups in total. The predicted molar refractivity (Wildman–Crippen MR) is 82.9 cm³/mol. The van der Waals surface area contributed by atoms with Crippen LogP contribution in [-0.2, 0) is 6.54 Å². The van der Waals surface area contributed by atoms with Gasteiger partial charge in [0.25, 0.3) is 0 Å². The molecule has 2 rings (SSSR count). The van der Waals surface area contributed by atoms with Crippen molar-refractivity contribution in [1.29, 1.82) is 0 Å². The summed E-state index contributed by atoms with van der Waals surface area (Å²) >= 11 is 0. The molecule has 1 heterocycles. The quantitative estimate of drug-likeness (QED) is 0.498. The lowest BCUT2D eigenvalue weighted by Crippen LogP contribution is -2.23. The maximum atomic E-state index is 5.88. The van der Waals surface area contributed by atoms with Gasteiger partial charge in [0.2, 0.25) is 0 Å². The highest BCUT2D eigenvalue weighted by atomic mass is 15.3. The van der Waals surface area contributed by atoms with Gasteiger partial charge in [-0.25, -0.2) is 0 Å². The van der Waals surface area contributed by atoms with Crippen LogP contribution in [-0.4, -0.2) is 22.3 Å². The number of aryl methyl sites for hydroxylation is 3. The fourth-order valence-corrected chi connectivity index (χ4v) is 2.10. The molecule has 0 fully saturated rings. The maximum Gasteiger partial charge on any atom is 0.193 e. The molecule has 0 radical (unpaired) electrons. The van der Waals surface area contributed by atoms with Crippen LogP contribution in [0.5, 0.6) is 0 Å². The van der Waals surface area contributed by atoms with Gasteiger partial charge in [-0.15, -0.1) is 0 Å². The third-order valence-corrected chi connectivity index (χ3v) is 2.88. The van der Waals surface area contributed by atoms with Gasteiger partial charge in [-0.1, -0.05) is 6.07 Å². The number of benzene rings is 1. The molecular weight excluding hydrogens is 250 g/mol. The number of guanidine groups is 1. The lowest BCUT2D eigenvalue weighted by atomic mass is 10.1. The van der Waals surface area contributed by atoms with Crippen LogP contribution in [0.1, 0.15) is 17.5 Å². The lowest BCUT2D eigenvalue weighted by molar-refractivity contribution is 0.585. The molecule has 20 heavy (non-hydrogen) atoms. The average molecular weight is 271 g/mol. The minimum atomic E-state index is 0.454. The first-order valence-corrected chi connectivity index (χ1v) is 6.76. The molecule has 2 aromatic rings. The predicted octanol–water partition coefficient (Wildman–Crippen LogP) is 2.32. The first kappa shape index (κ1) is 14.1. The number of rotatable bonds is 5. The van der Waals surface area contributed by atoms with Crippen molar-refractivity contribution in [1.82, 2.24) is 9.78 Å². The Kier molecular flexibility index (Phi) is 4.76. The Morgan fingerprint density at radius 2 is 2.05 bits per heavy atom. The van der Waals surface area contributed by atoms with Crippen LogP contribution in [0.25, 0.3) is 0 Å². The van der Waals surface area contributed by atoms with Crippen molar-refractivity contribution in [3.05, 3.63) is 47.8 Å². The van der Waals surface area contributed by atoms with E-state index in [0.29, 0.717) is 12.5 Å². The Morgan fingerprint density at radius 3 is 2.70 bits per heavy atom. The molecule has 5 nitrogen and oxygen atoms in total. The van der Waals surface area contributed by atoms with Crippen molar-refractivity contribution in [3.8, 4) is 0 Å². The van der Waals surface area contributed by atoms with Gasteiger partial charge in [-0.2, -0.15) is 5.10 Å². The molecule has 0 saturated heterocycles. The smallest absolute Gasteiger partial charge is 0.193 e. The number of aliphatic imine (C=N–C) groups is 1. The fourth-order valence-electron chi connectivity index (χ4n) is 2.10. The molecule has 106 valence electrons. The second kappa shape index (κ2) is 6.75. The van der Waals surface area contributed by atoms with E-state index in [1.165, 1.54) is 11.1 Å². The number of hydrogen-bond donors (Lipinski definition) is 2. The van der Waals surface area contributed by atoms with Crippen LogP contribution in [0.2, 0.25) is 0 Å². The van der Waals surface area contributed by atoms with Gasteiger partial charge in [-0.3, -0.25) is 9.67 Å². The number of nitrogens with zero attached hydrogens (tertiary/aromatic N) is 3. The highest BCUT2D eigenvalue weighted by molar-refractivity contribution is 5.92. The van der Waals surface area contributed by atoms with E-state index in [2.05, 4.69) is 47.5 Å². The van der Waals surface area contributed by atoms with Gasteiger partial charge in [-0.05, 0) is 49.6 Å². The summed E-state index contributed by atoms with van der Waals surface area (Å²) in [5, 5.41) is 7.26. The first-order chi connectivity index (χ1) is 9.63. The Morgan fingerprint density at radius 1 is 1.30 bits per heavy atom. The highest BCUT2D eigenvalue weighted by Crippen LogP contribution is 2.13. The summed E-state index contributed by atoms with van der Waals surface area (Å²) in [5.41, 5.74) is 9.28. The standard InChI is InChI=1S/C15H21N5/c1-12-9-13(2)11-14(10-12)19-15(16)17-5-3-7-20-8-4-6-18-20/h4,6,8-11H,3,5,7H2,1-2H3,(H3,16,17,19). The molecule has 5 heteroatoms. The summed E-state index contributed by atoms with van der Waals surface area (Å²) in [6, 6.07) is 8.15. The second-order valence-electron chi connectivity index (χ2n) is 4.89. The molecule has 0 aliphatic carbocycles. The molecular formula is C15H21N5. The van der Waals surface area contributed by atoms with Gasteiger partial charge in [0.05, 0.1) is 0 Å². The van der Waals surface area contributed by atoms with Crippen LogP contribution in [0.3, 0.4) is 0 Å². The zero-order valence-electron chi connectivity index (χ0n) is 12.0. The summed E-state index contributed by atoms with van der Waals surface area (Å²) in [6.07, 6.45) is 4.64. The van der Waals surface area contributed by atoms with E-state index in [1.807, 2.05) is 16.9 Å². The zero-order chi connectivity index (χ0) is 14.4. The van der Waals surface area contributed by atoms with Gasteiger partial charge in [0.1, 0.15) is 0 Å². The Labute approximate surface area is 119 Å². The van der Waals surface area contributed by atoms with Crippen LogP contribution in [0.4, 0.5) is 5.69 Å². The Hall–Kier alpha value is -2.30. The molecule has 0 saturated carbocycles. The maximum absolute atomic E-state index is 5.88. The van der Waals surface area contributed by atoms with Gasteiger partial charge in [0, 0.05) is 31.2 Å². The molecule has 0 atom stereocenters. The third-order valence-electron chi connectivity index (χ3n) is 2.88. The summed E-state index contributed by atoms with van der Waals surface area (Å²) in [6.45, 7) is 5.67. The number of hydrogen-bond acceptors (Lipinski definition) is 2. The molecule has 1 aromatic heterocycles. The third kappa shape index (κ3) is 4.42. The van der Waals surface area contributed by atoms with E-state index in [9.17, 15) is 0 Å². The highest BCUT2D eigenvalue weighted by Gasteiger charge is 1.97. The Bertz CT molecular complexity index is 552. The lowest BCUT2D eigenvalue weighted by Gasteiger charge is -2.08. The molecule has 0 amide bonds. The average Bonchev–Trinajstić information content (AvgIpc) is 2.86. The topological polar surface area (TPSA) is 68.2 Å². The molecule has 0 aliphatic heterocycles. The Balaban J connectivity index is 1.81. The van der Waals surface area contributed by atoms with Gasteiger partial charge < -0.3 is 11.1 Å². The molecule has 0 spiro atoms. The van der Waals surface area contributed by atoms with Gasteiger partial charge in [0.15, 0.2) is 5.96 Å². The van der Waals surface area contributed by atoms with Crippen molar-refractivity contribution in [2.75, 3.05) is 11.9 Å². The summed E-state index contributed by atoms with van der Waals surface area (Å²) in [5.74, 6) is 0.454. The largest absolute Gasteiger partial charge is 0.370 e. The van der Waals surface area contributed by atoms with Crippen molar-refractivity contribution < 1.29 is 0 Å². The number of anilines is 1. The summed E-state index contributed by atoms with van der Waals surface area (Å²) in [7, 11) is 0. The molecule has 0 bridgehead atoms. The van der Waals surface area contributed by atoms with Crippen molar-refractivity contribution in [3.63, 3.8) is 0 Å². The number of nitrogens with two attached hydrogens (primary N) is 1. The summed E-state index contributed by atoms with van der Waals surface area (Å²) in [4.78, 5) is 4.32. The van der Waals surface area contributed by atoms with Crippen LogP contribution >= 0.6 is 0 Å². The van der Waals surface area contributed by atoms with Crippen molar-refractivity contribution in [2.45, 2.75) is 26.8 Å². The van der Waals surface area contributed by atoms with E-state index in [4.69, 9.17) is 5.73 Å². The fraction of sp³-hybridized carbons (Fsp3) is 0.333. The van der Waals surface area contributed by atoms with E-state index >= 15 is 0 Å². The molecule has 1 aromatic carbocycles. The second-order valence-corrected chi connectivity index (χ2v) is 4.89. The van der Waals surface area contributed by atoms with Crippen LogP contribution < -0.4 is 11.1 Å². The normalized spacial score (nSPS) is 11.6. The number of aromatic nitrogens is 2. The molecule has 0 unspecified atom stereocenters. The zero-order valence-corrected chi connectivity index (χ0v) is 12.0. The minimum Gasteiger partial charge on any atom is -0.370 e. The van der Waals surface area contributed by atoms with Crippen molar-refractivity contribution >= 4 is 11.6 Å². The first-order valence-electron chi connectivity index (χ1n) is 6.76. The van der Waals surface area contributed by atoms with Crippen molar-refractivity contribution in [2.24, 2.45) is 10.7 Å². The minimum absolute atomic E-state index is 0.454. The van der Waals surface area contributed by atoms with Crippen LogP contribution in [0.15, 0.2) is 41.7 Å².